The van der Waals surface area contributed by atoms with Gasteiger partial charge in [0.05, 0.1) is 18.3 Å². The molecule has 138 valence electrons. The highest BCUT2D eigenvalue weighted by molar-refractivity contribution is 5.90. The first-order valence-electron chi connectivity index (χ1n) is 8.50. The molecule has 0 aliphatic carbocycles. The number of carbonyl (C=O) groups is 3. The number of hydrogen-bond donors (Lipinski definition) is 3. The molecular formula is C20H22O6. The summed E-state index contributed by atoms with van der Waals surface area (Å²) in [5, 5.41) is 29.2. The van der Waals surface area contributed by atoms with Gasteiger partial charge < -0.3 is 15.3 Å². The summed E-state index contributed by atoms with van der Waals surface area (Å²) in [6.45, 7) is 1.83. The van der Waals surface area contributed by atoms with Gasteiger partial charge in [0.1, 0.15) is 0 Å². The fraction of sp³-hybridized carbons (Fsp3) is 0.350. The summed E-state index contributed by atoms with van der Waals surface area (Å²) in [5.41, 5.74) is 1.64. The van der Waals surface area contributed by atoms with E-state index in [1.165, 1.54) is 0 Å². The van der Waals surface area contributed by atoms with E-state index in [0.29, 0.717) is 12.8 Å². The number of carboxylic acids is 3. The monoisotopic (exact) mass is 358 g/mol. The molecule has 6 heteroatoms. The van der Waals surface area contributed by atoms with Crippen LogP contribution < -0.4 is 0 Å². The topological polar surface area (TPSA) is 112 Å². The Kier molecular flexibility index (Phi) is 6.33. The highest BCUT2D eigenvalue weighted by Gasteiger charge is 2.23. The third-order valence-corrected chi connectivity index (χ3v) is 4.65. The van der Waals surface area contributed by atoms with E-state index in [0.717, 1.165) is 21.9 Å². The molecule has 2 unspecified atom stereocenters. The van der Waals surface area contributed by atoms with E-state index in [9.17, 15) is 24.6 Å². The number of hydrogen-bond acceptors (Lipinski definition) is 3. The van der Waals surface area contributed by atoms with Crippen LogP contribution in [0.5, 0.6) is 0 Å². The number of benzene rings is 2. The summed E-state index contributed by atoms with van der Waals surface area (Å²) >= 11 is 0. The first-order chi connectivity index (χ1) is 12.3. The molecule has 6 nitrogen and oxygen atoms in total. The lowest BCUT2D eigenvalue weighted by Gasteiger charge is -2.16. The van der Waals surface area contributed by atoms with E-state index in [2.05, 4.69) is 0 Å². The minimum Gasteiger partial charge on any atom is -0.481 e. The van der Waals surface area contributed by atoms with Gasteiger partial charge in [-0.05, 0) is 41.2 Å². The molecule has 0 heterocycles. The van der Waals surface area contributed by atoms with Crippen molar-refractivity contribution in [3.05, 3.63) is 47.5 Å². The Morgan fingerprint density at radius 3 is 1.65 bits per heavy atom. The minimum absolute atomic E-state index is 0.110. The molecule has 3 N–H and O–H groups in total. The second-order valence-corrected chi connectivity index (χ2v) is 6.41. The maximum atomic E-state index is 11.4. The zero-order valence-corrected chi connectivity index (χ0v) is 14.5. The average Bonchev–Trinajstić information content (AvgIpc) is 2.59. The van der Waals surface area contributed by atoms with E-state index in [-0.39, 0.29) is 6.42 Å². The van der Waals surface area contributed by atoms with Gasteiger partial charge >= 0.3 is 17.9 Å². The summed E-state index contributed by atoms with van der Waals surface area (Å²) in [5.74, 6) is -4.62. The lowest BCUT2D eigenvalue weighted by Crippen LogP contribution is -2.20. The van der Waals surface area contributed by atoms with Crippen molar-refractivity contribution in [3.8, 4) is 0 Å². The summed E-state index contributed by atoms with van der Waals surface area (Å²) < 4.78 is 0. The van der Waals surface area contributed by atoms with E-state index >= 15 is 0 Å². The maximum Gasteiger partial charge on any atom is 0.307 e. The van der Waals surface area contributed by atoms with Gasteiger partial charge in [-0.2, -0.15) is 0 Å². The lowest BCUT2D eigenvalue weighted by atomic mass is 9.88. The van der Waals surface area contributed by atoms with Gasteiger partial charge in [-0.25, -0.2) is 0 Å². The van der Waals surface area contributed by atoms with E-state index in [1.807, 2.05) is 37.3 Å². The van der Waals surface area contributed by atoms with Crippen LogP contribution in [-0.4, -0.2) is 33.2 Å². The molecule has 0 aliphatic heterocycles. The van der Waals surface area contributed by atoms with Crippen LogP contribution in [0.1, 0.15) is 30.9 Å². The van der Waals surface area contributed by atoms with Gasteiger partial charge in [0.25, 0.3) is 0 Å². The van der Waals surface area contributed by atoms with Crippen LogP contribution in [0.25, 0.3) is 10.8 Å². The van der Waals surface area contributed by atoms with Crippen LogP contribution in [0.15, 0.2) is 36.4 Å². The number of rotatable bonds is 9. The normalized spacial score (nSPS) is 13.3. The Morgan fingerprint density at radius 2 is 1.27 bits per heavy atom. The van der Waals surface area contributed by atoms with Crippen LogP contribution >= 0.6 is 0 Å². The Hall–Kier alpha value is -2.89. The third kappa shape index (κ3) is 4.59. The predicted molar refractivity (Wildman–Crippen MR) is 96.2 cm³/mol. The highest BCUT2D eigenvalue weighted by Crippen LogP contribution is 2.28. The van der Waals surface area contributed by atoms with Gasteiger partial charge in [-0.1, -0.05) is 43.3 Å². The highest BCUT2D eigenvalue weighted by atomic mass is 16.4. The Balaban J connectivity index is 2.41. The standard InChI is InChI=1S/C20H22O6/c1-2-12(19(23)24)9-13-7-8-14(17-6-4-3-5-16(13)17)10-15(20(25)26)11-18(21)22/h3-8,12,15H,2,9-11H2,1H3,(H,21,22)(H,23,24)(H,25,26). The van der Waals surface area contributed by atoms with Crippen molar-refractivity contribution in [1.82, 2.24) is 0 Å². The van der Waals surface area contributed by atoms with E-state index < -0.39 is 36.2 Å². The van der Waals surface area contributed by atoms with Crippen molar-refractivity contribution in [2.24, 2.45) is 11.8 Å². The molecule has 2 aromatic carbocycles. The molecule has 2 rings (SSSR count). The van der Waals surface area contributed by atoms with Gasteiger partial charge in [0.15, 0.2) is 0 Å². The van der Waals surface area contributed by atoms with Gasteiger partial charge in [0, 0.05) is 0 Å². The van der Waals surface area contributed by atoms with Crippen molar-refractivity contribution in [1.29, 1.82) is 0 Å². The molecule has 0 aliphatic rings. The molecule has 0 amide bonds. The smallest absolute Gasteiger partial charge is 0.307 e. The molecule has 0 saturated heterocycles. The van der Waals surface area contributed by atoms with Crippen molar-refractivity contribution in [3.63, 3.8) is 0 Å². The molecule has 2 atom stereocenters. The van der Waals surface area contributed by atoms with Crippen molar-refractivity contribution < 1.29 is 29.7 Å². The maximum absolute atomic E-state index is 11.4. The Labute approximate surface area is 151 Å². The molecule has 26 heavy (non-hydrogen) atoms. The second-order valence-electron chi connectivity index (χ2n) is 6.41. The largest absolute Gasteiger partial charge is 0.481 e. The lowest BCUT2D eigenvalue weighted by molar-refractivity contribution is -0.148. The molecule has 0 aromatic heterocycles. The first-order valence-corrected chi connectivity index (χ1v) is 8.50. The number of fused-ring (bicyclic) bond motifs is 1. The van der Waals surface area contributed by atoms with E-state index in [4.69, 9.17) is 5.11 Å². The minimum atomic E-state index is -1.15. The first kappa shape index (κ1) is 19.4. The van der Waals surface area contributed by atoms with Crippen LogP contribution in [-0.2, 0) is 27.2 Å². The zero-order valence-electron chi connectivity index (χ0n) is 14.5. The van der Waals surface area contributed by atoms with Gasteiger partial charge in [0.2, 0.25) is 0 Å². The third-order valence-electron chi connectivity index (χ3n) is 4.65. The van der Waals surface area contributed by atoms with E-state index in [1.54, 1.807) is 6.07 Å². The van der Waals surface area contributed by atoms with Crippen molar-refractivity contribution in [2.45, 2.75) is 32.6 Å². The van der Waals surface area contributed by atoms with Crippen LogP contribution in [0.3, 0.4) is 0 Å². The zero-order chi connectivity index (χ0) is 19.3. The SMILES string of the molecule is CCC(Cc1ccc(CC(CC(=O)O)C(=O)O)c2ccccc12)C(=O)O. The van der Waals surface area contributed by atoms with Crippen LogP contribution in [0.4, 0.5) is 0 Å². The molecule has 0 radical (unpaired) electrons. The fourth-order valence-electron chi connectivity index (χ4n) is 3.17. The van der Waals surface area contributed by atoms with Crippen molar-refractivity contribution >= 4 is 28.7 Å². The molecule has 0 spiro atoms. The van der Waals surface area contributed by atoms with Gasteiger partial charge in [-0.3, -0.25) is 14.4 Å². The predicted octanol–water partition coefficient (Wildman–Crippen LogP) is 3.21. The average molecular weight is 358 g/mol. The fourth-order valence-corrected chi connectivity index (χ4v) is 3.17. The molecular weight excluding hydrogens is 336 g/mol. The number of carboxylic acid groups (broad SMARTS) is 3. The Bertz CT molecular complexity index is 826. The van der Waals surface area contributed by atoms with Gasteiger partial charge in [-0.15, -0.1) is 0 Å². The summed E-state index contributed by atoms with van der Waals surface area (Å²) in [6.07, 6.45) is 0.579. The molecule has 0 bridgehead atoms. The van der Waals surface area contributed by atoms with Crippen molar-refractivity contribution in [2.75, 3.05) is 0 Å². The number of aliphatic carboxylic acids is 3. The molecule has 2 aromatic rings. The second kappa shape index (κ2) is 8.47. The van der Waals surface area contributed by atoms with Crippen LogP contribution in [0, 0.1) is 11.8 Å². The summed E-state index contributed by atoms with van der Waals surface area (Å²) in [4.78, 5) is 33.6. The molecule has 0 saturated carbocycles. The summed E-state index contributed by atoms with van der Waals surface area (Å²) in [7, 11) is 0. The Morgan fingerprint density at radius 1 is 0.808 bits per heavy atom. The quantitative estimate of drug-likeness (QED) is 0.634. The van der Waals surface area contributed by atoms with Crippen LogP contribution in [0.2, 0.25) is 0 Å². The molecule has 0 fully saturated rings. The summed E-state index contributed by atoms with van der Waals surface area (Å²) in [6, 6.07) is 11.0.